The van der Waals surface area contributed by atoms with Crippen LogP contribution in [0.4, 0.5) is 0 Å². The molecule has 4 rings (SSSR count). The average molecular weight is 814 g/mol. The van der Waals surface area contributed by atoms with Gasteiger partial charge in [-0.3, -0.25) is 9.59 Å². The van der Waals surface area contributed by atoms with Gasteiger partial charge in [-0.2, -0.15) is 0 Å². The Morgan fingerprint density at radius 3 is 1.59 bits per heavy atom. The SMILES string of the molecule is CCCCCCCCCCCCCCCC(=O)O[C@H]1CC(C)(C)C(C=CC(C)=CC[P+](c2ccccc2)(c2ccccc2)c2ccccc2)=C(C)C1=O.[Br-]. The molecule has 0 amide bonds. The predicted molar refractivity (Wildman–Crippen MR) is 229 cm³/mol. The zero-order chi connectivity index (χ0) is 37.9. The number of esters is 1. The van der Waals surface area contributed by atoms with Gasteiger partial charge in [0.15, 0.2) is 11.9 Å². The molecule has 5 heteroatoms. The summed E-state index contributed by atoms with van der Waals surface area (Å²) in [6, 6.07) is 32.8. The van der Waals surface area contributed by atoms with Crippen molar-refractivity contribution in [3.63, 3.8) is 0 Å². The number of unbranched alkanes of at least 4 members (excludes halogenated alkanes) is 12. The van der Waals surface area contributed by atoms with Crippen molar-refractivity contribution in [2.75, 3.05) is 6.16 Å². The third kappa shape index (κ3) is 13.3. The molecular weight excluding hydrogens is 747 g/mol. The summed E-state index contributed by atoms with van der Waals surface area (Å²) in [6.07, 6.45) is 24.2. The van der Waals surface area contributed by atoms with Crippen molar-refractivity contribution in [3.8, 4) is 0 Å². The van der Waals surface area contributed by atoms with Crippen LogP contribution >= 0.6 is 7.26 Å². The average Bonchev–Trinajstić information content (AvgIpc) is 3.17. The summed E-state index contributed by atoms with van der Waals surface area (Å²) in [5.74, 6) is -0.304. The van der Waals surface area contributed by atoms with E-state index in [1.54, 1.807) is 0 Å². The lowest BCUT2D eigenvalue weighted by Gasteiger charge is -2.36. The Balaban J connectivity index is 0.00000784. The first kappa shape index (κ1) is 45.3. The van der Waals surface area contributed by atoms with Gasteiger partial charge in [0, 0.05) is 12.8 Å². The van der Waals surface area contributed by atoms with Crippen molar-refractivity contribution < 1.29 is 31.3 Å². The minimum absolute atomic E-state index is 0. The summed E-state index contributed by atoms with van der Waals surface area (Å²) in [7, 11) is -1.98. The van der Waals surface area contributed by atoms with Crippen LogP contribution in [0.1, 0.15) is 131 Å². The normalized spacial score (nSPS) is 16.1. The van der Waals surface area contributed by atoms with Crippen LogP contribution in [0, 0.1) is 5.41 Å². The Hall–Kier alpha value is -3.07. The van der Waals surface area contributed by atoms with Gasteiger partial charge in [0.05, 0.1) is 6.16 Å². The molecule has 0 unspecified atom stereocenters. The summed E-state index contributed by atoms with van der Waals surface area (Å²) in [6.45, 7) is 10.6. The molecule has 0 saturated carbocycles. The molecular formula is C49H66BrO3P. The number of ketones is 1. The second-order valence-corrected chi connectivity index (χ2v) is 19.3. The van der Waals surface area contributed by atoms with E-state index in [0.29, 0.717) is 18.4 Å². The van der Waals surface area contributed by atoms with Crippen molar-refractivity contribution in [1.29, 1.82) is 0 Å². The quantitative estimate of drug-likeness (QED) is 0.0440. The first-order valence-corrected chi connectivity index (χ1v) is 22.5. The monoisotopic (exact) mass is 812 g/mol. The topological polar surface area (TPSA) is 43.4 Å². The number of ether oxygens (including phenoxy) is 1. The molecule has 1 atom stereocenters. The van der Waals surface area contributed by atoms with Crippen LogP contribution in [0.25, 0.3) is 0 Å². The summed E-state index contributed by atoms with van der Waals surface area (Å²) in [4.78, 5) is 26.4. The zero-order valence-electron chi connectivity index (χ0n) is 33.8. The smallest absolute Gasteiger partial charge is 0.306 e. The van der Waals surface area contributed by atoms with Crippen LogP contribution in [-0.4, -0.2) is 24.0 Å². The molecule has 1 aliphatic carbocycles. The third-order valence-corrected chi connectivity index (χ3v) is 15.3. The number of benzene rings is 3. The summed E-state index contributed by atoms with van der Waals surface area (Å²) in [5, 5.41) is 4.08. The molecule has 3 nitrogen and oxygen atoms in total. The van der Waals surface area contributed by atoms with Crippen LogP contribution in [0.3, 0.4) is 0 Å². The first-order chi connectivity index (χ1) is 25.7. The van der Waals surface area contributed by atoms with E-state index >= 15 is 0 Å². The van der Waals surface area contributed by atoms with Gasteiger partial charge in [-0.1, -0.05) is 170 Å². The van der Waals surface area contributed by atoms with E-state index in [-0.39, 0.29) is 34.1 Å². The molecule has 292 valence electrons. The van der Waals surface area contributed by atoms with E-state index < -0.39 is 13.4 Å². The molecule has 0 aromatic heterocycles. The molecule has 0 bridgehead atoms. The lowest BCUT2D eigenvalue weighted by molar-refractivity contribution is -0.156. The largest absolute Gasteiger partial charge is 1.00 e. The van der Waals surface area contributed by atoms with Crippen molar-refractivity contribution in [3.05, 3.63) is 126 Å². The molecule has 0 aliphatic heterocycles. The van der Waals surface area contributed by atoms with Crippen LogP contribution in [0.5, 0.6) is 0 Å². The molecule has 0 saturated heterocycles. The van der Waals surface area contributed by atoms with E-state index in [1.165, 1.54) is 80.1 Å². The van der Waals surface area contributed by atoms with Crippen LogP contribution < -0.4 is 32.9 Å². The Bertz CT molecular complexity index is 1550. The molecule has 0 spiro atoms. The van der Waals surface area contributed by atoms with Crippen LogP contribution in [0.2, 0.25) is 0 Å². The number of rotatable bonds is 22. The minimum atomic E-state index is -1.98. The van der Waals surface area contributed by atoms with Gasteiger partial charge < -0.3 is 21.7 Å². The number of halogens is 1. The maximum atomic E-state index is 13.5. The van der Waals surface area contributed by atoms with Gasteiger partial charge in [-0.25, -0.2) is 0 Å². The fraction of sp³-hybridized carbons (Fsp3) is 0.469. The van der Waals surface area contributed by atoms with Crippen LogP contribution in [0.15, 0.2) is 126 Å². The molecule has 0 N–H and O–H groups in total. The Morgan fingerprint density at radius 2 is 1.15 bits per heavy atom. The van der Waals surface area contributed by atoms with Crippen molar-refractivity contribution in [2.45, 2.75) is 137 Å². The highest BCUT2D eigenvalue weighted by atomic mass is 79.9. The molecule has 0 heterocycles. The molecule has 0 radical (unpaired) electrons. The fourth-order valence-electron chi connectivity index (χ4n) is 7.87. The third-order valence-electron chi connectivity index (χ3n) is 11.0. The van der Waals surface area contributed by atoms with Gasteiger partial charge in [-0.05, 0) is 79.3 Å². The van der Waals surface area contributed by atoms with Crippen molar-refractivity contribution >= 4 is 34.9 Å². The van der Waals surface area contributed by atoms with Gasteiger partial charge >= 0.3 is 5.97 Å². The number of hydrogen-bond donors (Lipinski definition) is 0. The number of carbonyl (C=O) groups is 2. The summed E-state index contributed by atoms with van der Waals surface area (Å²) < 4.78 is 5.84. The number of hydrogen-bond acceptors (Lipinski definition) is 3. The maximum absolute atomic E-state index is 13.5. The highest BCUT2D eigenvalue weighted by Crippen LogP contribution is 2.55. The predicted octanol–water partition coefficient (Wildman–Crippen LogP) is 9.20. The molecule has 3 aromatic carbocycles. The van der Waals surface area contributed by atoms with E-state index in [0.717, 1.165) is 36.6 Å². The second-order valence-electron chi connectivity index (χ2n) is 15.7. The fourth-order valence-corrected chi connectivity index (χ4v) is 12.0. The second kappa shape index (κ2) is 23.8. The first-order valence-electron chi connectivity index (χ1n) is 20.5. The Kier molecular flexibility index (Phi) is 19.9. The van der Waals surface area contributed by atoms with E-state index in [4.69, 9.17) is 4.74 Å². The Morgan fingerprint density at radius 1 is 0.722 bits per heavy atom. The molecule has 1 aliphatic rings. The van der Waals surface area contributed by atoms with E-state index in [9.17, 15) is 9.59 Å². The van der Waals surface area contributed by atoms with Gasteiger partial charge in [0.25, 0.3) is 0 Å². The highest BCUT2D eigenvalue weighted by Gasteiger charge is 2.44. The van der Waals surface area contributed by atoms with Gasteiger partial charge in [0.2, 0.25) is 0 Å². The lowest BCUT2D eigenvalue weighted by atomic mass is 9.71. The van der Waals surface area contributed by atoms with Crippen molar-refractivity contribution in [1.82, 2.24) is 0 Å². The van der Waals surface area contributed by atoms with Gasteiger partial charge in [0.1, 0.15) is 23.2 Å². The minimum Gasteiger partial charge on any atom is -1.00 e. The van der Waals surface area contributed by atoms with Crippen LogP contribution in [-0.2, 0) is 14.3 Å². The van der Waals surface area contributed by atoms with E-state index in [2.05, 4.69) is 137 Å². The van der Waals surface area contributed by atoms with Gasteiger partial charge in [-0.15, -0.1) is 0 Å². The lowest BCUT2D eigenvalue weighted by Crippen LogP contribution is -3.00. The zero-order valence-corrected chi connectivity index (χ0v) is 36.3. The highest BCUT2D eigenvalue weighted by molar-refractivity contribution is 7.95. The Labute approximate surface area is 339 Å². The van der Waals surface area contributed by atoms with Crippen molar-refractivity contribution in [2.24, 2.45) is 5.41 Å². The van der Waals surface area contributed by atoms with E-state index in [1.807, 2.05) is 6.92 Å². The number of Topliss-reactive ketones (excluding diaryl/α,β-unsaturated/α-hetero) is 1. The summed E-state index contributed by atoms with van der Waals surface area (Å²) >= 11 is 0. The molecule has 3 aromatic rings. The summed E-state index contributed by atoms with van der Waals surface area (Å²) in [5.41, 5.74) is 2.58. The molecule has 0 fully saturated rings. The number of allylic oxidation sites excluding steroid dienone is 5. The number of carbonyl (C=O) groups excluding carboxylic acids is 2. The molecule has 54 heavy (non-hydrogen) atoms. The maximum Gasteiger partial charge on any atom is 0.306 e. The standard InChI is InChI=1S/C49H66O3P.BrH/c1-6-7-8-9-10-11-12-13-14-15-16-17-27-34-47(50)52-46-39-49(4,5)45(41(3)48(46)51)36-35-40(2)37-38-53(42-28-21-18-22-29-42,43-30-23-19-24-31-43)44-32-25-20-26-33-44;/h18-26,28-33,35-37,46H,6-17,27,34,38-39H2,1-5H3;1H/q+1;/p-1/t46-;/m0./s1.